The first-order valence-electron chi connectivity index (χ1n) is 10.2. The predicted molar refractivity (Wildman–Crippen MR) is 121 cm³/mol. The number of pyridine rings is 1. The smallest absolute Gasteiger partial charge is 0.225 e. The molecule has 1 N–H and O–H groups in total. The molecule has 5 rings (SSSR count). The molecule has 158 valence electrons. The van der Waals surface area contributed by atoms with Crippen LogP contribution in [0.15, 0.2) is 42.7 Å². The molecule has 4 aromatic rings. The third-order valence-electron chi connectivity index (χ3n) is 5.32. The van der Waals surface area contributed by atoms with Gasteiger partial charge in [-0.3, -0.25) is 14.5 Å². The van der Waals surface area contributed by atoms with Crippen LogP contribution in [0.3, 0.4) is 0 Å². The number of aromatic nitrogens is 5. The molecule has 0 spiro atoms. The number of nitriles is 1. The standard InChI is InChI=1S/C23H18ClN7O/c1-31-8-6-17(30-31)22-21(15-10-14-3-2-7-26-20(14)16(24)11-15)27-18(12-25)23(29-22)28-19(32)9-13-4-5-13/h2-3,6-8,10-11,13H,4-5,9H2,1H3,(H,28,29,32). The van der Waals surface area contributed by atoms with Gasteiger partial charge in [-0.2, -0.15) is 10.4 Å². The van der Waals surface area contributed by atoms with Crippen molar-refractivity contribution >= 4 is 34.2 Å². The average molecular weight is 444 g/mol. The van der Waals surface area contributed by atoms with Crippen LogP contribution in [0.5, 0.6) is 0 Å². The number of carbonyl (C=O) groups excluding carboxylic acids is 1. The van der Waals surface area contributed by atoms with Crippen LogP contribution in [0.2, 0.25) is 5.02 Å². The Balaban J connectivity index is 1.67. The van der Waals surface area contributed by atoms with Crippen molar-refractivity contribution in [3.05, 3.63) is 53.4 Å². The third kappa shape index (κ3) is 3.90. The van der Waals surface area contributed by atoms with Crippen LogP contribution in [0, 0.1) is 17.2 Å². The minimum absolute atomic E-state index is 0.0336. The van der Waals surface area contributed by atoms with Gasteiger partial charge in [0, 0.05) is 36.8 Å². The van der Waals surface area contributed by atoms with Gasteiger partial charge in [-0.1, -0.05) is 17.7 Å². The Morgan fingerprint density at radius 2 is 2.12 bits per heavy atom. The largest absolute Gasteiger partial charge is 0.308 e. The van der Waals surface area contributed by atoms with Crippen LogP contribution in [0.25, 0.3) is 33.5 Å². The topological polar surface area (TPSA) is 109 Å². The number of rotatable bonds is 5. The monoisotopic (exact) mass is 443 g/mol. The Hall–Kier alpha value is -3.83. The lowest BCUT2D eigenvalue weighted by Crippen LogP contribution is -2.15. The van der Waals surface area contributed by atoms with Gasteiger partial charge in [-0.05, 0) is 43.0 Å². The van der Waals surface area contributed by atoms with Crippen molar-refractivity contribution in [2.75, 3.05) is 5.32 Å². The zero-order valence-electron chi connectivity index (χ0n) is 17.2. The molecule has 3 aromatic heterocycles. The second kappa shape index (κ2) is 8.02. The van der Waals surface area contributed by atoms with E-state index in [0.717, 1.165) is 18.2 Å². The van der Waals surface area contributed by atoms with Gasteiger partial charge >= 0.3 is 0 Å². The van der Waals surface area contributed by atoms with Crippen LogP contribution in [0.1, 0.15) is 25.0 Å². The third-order valence-corrected chi connectivity index (χ3v) is 5.61. The summed E-state index contributed by atoms with van der Waals surface area (Å²) in [6.07, 6.45) is 6.00. The predicted octanol–water partition coefficient (Wildman–Crippen LogP) is 4.36. The van der Waals surface area contributed by atoms with Gasteiger partial charge in [-0.25, -0.2) is 9.97 Å². The highest BCUT2D eigenvalue weighted by atomic mass is 35.5. The Morgan fingerprint density at radius 3 is 2.84 bits per heavy atom. The van der Waals surface area contributed by atoms with E-state index in [9.17, 15) is 10.1 Å². The number of fused-ring (bicyclic) bond motifs is 1. The molecule has 0 radical (unpaired) electrons. The number of halogens is 1. The second-order valence-corrected chi connectivity index (χ2v) is 8.24. The summed E-state index contributed by atoms with van der Waals surface area (Å²) in [6, 6.07) is 11.2. The summed E-state index contributed by atoms with van der Waals surface area (Å²) in [4.78, 5) is 25.9. The van der Waals surface area contributed by atoms with E-state index < -0.39 is 0 Å². The fraction of sp³-hybridized carbons (Fsp3) is 0.217. The average Bonchev–Trinajstić information content (AvgIpc) is 3.49. The van der Waals surface area contributed by atoms with Crippen molar-refractivity contribution in [1.82, 2.24) is 24.7 Å². The lowest BCUT2D eigenvalue weighted by molar-refractivity contribution is -0.116. The number of aryl methyl sites for hydroxylation is 1. The van der Waals surface area contributed by atoms with E-state index in [-0.39, 0.29) is 17.4 Å². The highest BCUT2D eigenvalue weighted by molar-refractivity contribution is 6.35. The van der Waals surface area contributed by atoms with Gasteiger partial charge in [-0.15, -0.1) is 0 Å². The van der Waals surface area contributed by atoms with Crippen molar-refractivity contribution in [2.45, 2.75) is 19.3 Å². The van der Waals surface area contributed by atoms with Gasteiger partial charge in [0.25, 0.3) is 0 Å². The van der Waals surface area contributed by atoms with Crippen LogP contribution >= 0.6 is 11.6 Å². The van der Waals surface area contributed by atoms with Crippen molar-refractivity contribution in [2.24, 2.45) is 13.0 Å². The molecule has 0 atom stereocenters. The van der Waals surface area contributed by atoms with Crippen molar-refractivity contribution < 1.29 is 4.79 Å². The number of anilines is 1. The fourth-order valence-corrected chi connectivity index (χ4v) is 3.85. The molecule has 0 aliphatic heterocycles. The maximum atomic E-state index is 12.4. The maximum Gasteiger partial charge on any atom is 0.225 e. The fourth-order valence-electron chi connectivity index (χ4n) is 3.57. The zero-order valence-corrected chi connectivity index (χ0v) is 18.0. The molecule has 1 aliphatic rings. The van der Waals surface area contributed by atoms with E-state index in [1.54, 1.807) is 36.3 Å². The molecule has 0 unspecified atom stereocenters. The number of hydrogen-bond acceptors (Lipinski definition) is 6. The van der Waals surface area contributed by atoms with Crippen LogP contribution in [0.4, 0.5) is 5.82 Å². The molecule has 1 aromatic carbocycles. The van der Waals surface area contributed by atoms with Crippen LogP contribution < -0.4 is 5.32 Å². The van der Waals surface area contributed by atoms with Crippen LogP contribution in [-0.2, 0) is 11.8 Å². The molecule has 1 amide bonds. The summed E-state index contributed by atoms with van der Waals surface area (Å²) < 4.78 is 1.65. The lowest BCUT2D eigenvalue weighted by Gasteiger charge is -2.12. The molecular formula is C23H18ClN7O. The SMILES string of the molecule is Cn1ccc(-c2nc(NC(=O)CC3CC3)c(C#N)nc2-c2cc(Cl)c3ncccc3c2)n1. The number of nitrogens with one attached hydrogen (secondary N) is 1. The van der Waals surface area contributed by atoms with E-state index in [0.29, 0.717) is 45.5 Å². The molecule has 0 bridgehead atoms. The van der Waals surface area contributed by atoms with Gasteiger partial charge < -0.3 is 5.32 Å². The number of nitrogens with zero attached hydrogens (tertiary/aromatic N) is 6. The molecule has 8 nitrogen and oxygen atoms in total. The van der Waals surface area contributed by atoms with Gasteiger partial charge in [0.15, 0.2) is 11.5 Å². The number of benzene rings is 1. The Labute approximate surface area is 188 Å². The summed E-state index contributed by atoms with van der Waals surface area (Å²) in [7, 11) is 1.80. The molecular weight excluding hydrogens is 426 g/mol. The molecule has 32 heavy (non-hydrogen) atoms. The Bertz CT molecular complexity index is 1400. The first kappa shape index (κ1) is 20.1. The first-order valence-corrected chi connectivity index (χ1v) is 10.6. The van der Waals surface area contributed by atoms with E-state index in [1.165, 1.54) is 0 Å². The second-order valence-electron chi connectivity index (χ2n) is 7.83. The Morgan fingerprint density at radius 1 is 1.28 bits per heavy atom. The molecule has 9 heteroatoms. The zero-order chi connectivity index (χ0) is 22.2. The van der Waals surface area contributed by atoms with E-state index >= 15 is 0 Å². The normalized spacial score (nSPS) is 13.2. The van der Waals surface area contributed by atoms with E-state index in [4.69, 9.17) is 11.6 Å². The van der Waals surface area contributed by atoms with Crippen molar-refractivity contribution in [1.29, 1.82) is 5.26 Å². The number of carbonyl (C=O) groups is 1. The van der Waals surface area contributed by atoms with Gasteiger partial charge in [0.1, 0.15) is 23.2 Å². The summed E-state index contributed by atoms with van der Waals surface area (Å²) in [5.74, 6) is 0.380. The summed E-state index contributed by atoms with van der Waals surface area (Å²) in [5, 5.41) is 18.3. The minimum atomic E-state index is -0.169. The van der Waals surface area contributed by atoms with E-state index in [2.05, 4.69) is 31.4 Å². The van der Waals surface area contributed by atoms with Crippen molar-refractivity contribution in [3.63, 3.8) is 0 Å². The molecule has 3 heterocycles. The number of amides is 1. The molecule has 0 saturated heterocycles. The van der Waals surface area contributed by atoms with Gasteiger partial charge in [0.2, 0.25) is 5.91 Å². The summed E-state index contributed by atoms with van der Waals surface area (Å²) >= 11 is 6.49. The summed E-state index contributed by atoms with van der Waals surface area (Å²) in [6.45, 7) is 0. The highest BCUT2D eigenvalue weighted by Gasteiger charge is 2.26. The van der Waals surface area contributed by atoms with Crippen LogP contribution in [-0.4, -0.2) is 30.6 Å². The van der Waals surface area contributed by atoms with Crippen molar-refractivity contribution in [3.8, 4) is 28.7 Å². The minimum Gasteiger partial charge on any atom is -0.308 e. The summed E-state index contributed by atoms with van der Waals surface area (Å²) in [5.41, 5.74) is 2.86. The highest BCUT2D eigenvalue weighted by Crippen LogP contribution is 2.35. The molecule has 1 fully saturated rings. The maximum absolute atomic E-state index is 12.4. The van der Waals surface area contributed by atoms with Gasteiger partial charge in [0.05, 0.1) is 10.5 Å². The lowest BCUT2D eigenvalue weighted by atomic mass is 10.0. The molecule has 1 saturated carbocycles. The quantitative estimate of drug-likeness (QED) is 0.491. The van der Waals surface area contributed by atoms with E-state index in [1.807, 2.05) is 18.2 Å². The Kier molecular flexibility index (Phi) is 5.04. The number of hydrogen-bond donors (Lipinski definition) is 1. The molecule has 1 aliphatic carbocycles. The first-order chi connectivity index (χ1) is 15.5.